The van der Waals surface area contributed by atoms with Gasteiger partial charge in [-0.25, -0.2) is 0 Å². The van der Waals surface area contributed by atoms with Gasteiger partial charge in [0.1, 0.15) is 12.4 Å². The van der Waals surface area contributed by atoms with E-state index in [1.807, 2.05) is 0 Å². The van der Waals surface area contributed by atoms with Crippen LogP contribution in [-0.4, -0.2) is 32.9 Å². The molecular formula is C14H22BrNO2. The Labute approximate surface area is 118 Å². The molecule has 0 aliphatic rings. The van der Waals surface area contributed by atoms with Crippen LogP contribution in [0.15, 0.2) is 16.6 Å². The summed E-state index contributed by atoms with van der Waals surface area (Å²) in [5, 5.41) is 3.34. The molecule has 18 heavy (non-hydrogen) atoms. The lowest BCUT2D eigenvalue weighted by Crippen LogP contribution is -2.33. The Hall–Kier alpha value is -0.580. The molecule has 4 heteroatoms. The zero-order valence-corrected chi connectivity index (χ0v) is 13.1. The van der Waals surface area contributed by atoms with Gasteiger partial charge in [0.05, 0.1) is 6.61 Å². The average molecular weight is 316 g/mol. The van der Waals surface area contributed by atoms with Gasteiger partial charge in [0, 0.05) is 24.2 Å². The Morgan fingerprint density at radius 1 is 1.28 bits per heavy atom. The van der Waals surface area contributed by atoms with Gasteiger partial charge in [0.25, 0.3) is 0 Å². The summed E-state index contributed by atoms with van der Waals surface area (Å²) in [5.41, 5.74) is 2.40. The van der Waals surface area contributed by atoms with E-state index in [1.54, 1.807) is 7.11 Å². The molecule has 0 amide bonds. The molecule has 1 unspecified atom stereocenters. The van der Waals surface area contributed by atoms with Crippen LogP contribution in [0, 0.1) is 13.8 Å². The SMILES string of the molecule is COCC(C)NCCOc1cc(C)c(Br)c(C)c1. The molecule has 1 N–H and O–H groups in total. The monoisotopic (exact) mass is 315 g/mol. The highest BCUT2D eigenvalue weighted by Gasteiger charge is 2.03. The van der Waals surface area contributed by atoms with E-state index in [0.29, 0.717) is 12.6 Å². The van der Waals surface area contributed by atoms with Gasteiger partial charge in [-0.2, -0.15) is 0 Å². The van der Waals surface area contributed by atoms with E-state index >= 15 is 0 Å². The molecular weight excluding hydrogens is 294 g/mol. The molecule has 102 valence electrons. The molecule has 0 saturated carbocycles. The van der Waals surface area contributed by atoms with Crippen molar-refractivity contribution < 1.29 is 9.47 Å². The Morgan fingerprint density at radius 2 is 1.89 bits per heavy atom. The molecule has 3 nitrogen and oxygen atoms in total. The van der Waals surface area contributed by atoms with Crippen molar-refractivity contribution in [3.63, 3.8) is 0 Å². The van der Waals surface area contributed by atoms with E-state index in [4.69, 9.17) is 9.47 Å². The van der Waals surface area contributed by atoms with Crippen molar-refractivity contribution in [2.45, 2.75) is 26.8 Å². The Bertz CT molecular complexity index is 359. The standard InChI is InChI=1S/C14H22BrNO2/c1-10-7-13(8-11(2)14(10)15)18-6-5-16-12(3)9-17-4/h7-8,12,16H,5-6,9H2,1-4H3. The first kappa shape index (κ1) is 15.5. The van der Waals surface area contributed by atoms with Crippen LogP contribution in [0.1, 0.15) is 18.1 Å². The van der Waals surface area contributed by atoms with Crippen LogP contribution >= 0.6 is 15.9 Å². The first-order valence-corrected chi connectivity index (χ1v) is 6.95. The normalized spacial score (nSPS) is 12.5. The van der Waals surface area contributed by atoms with Gasteiger partial charge in [-0.1, -0.05) is 15.9 Å². The molecule has 0 aliphatic heterocycles. The summed E-state index contributed by atoms with van der Waals surface area (Å²) in [7, 11) is 1.71. The number of aryl methyl sites for hydroxylation is 2. The molecule has 1 aromatic rings. The van der Waals surface area contributed by atoms with Crippen molar-refractivity contribution in [3.05, 3.63) is 27.7 Å². The van der Waals surface area contributed by atoms with Crippen molar-refractivity contribution in [1.29, 1.82) is 0 Å². The van der Waals surface area contributed by atoms with Gasteiger partial charge in [-0.15, -0.1) is 0 Å². The summed E-state index contributed by atoms with van der Waals surface area (Å²) < 4.78 is 11.9. The second kappa shape index (κ2) is 7.77. The third-order valence-electron chi connectivity index (χ3n) is 2.69. The number of halogens is 1. The van der Waals surface area contributed by atoms with E-state index < -0.39 is 0 Å². The molecule has 1 rings (SSSR count). The van der Waals surface area contributed by atoms with E-state index in [9.17, 15) is 0 Å². The molecule has 1 aromatic carbocycles. The molecule has 0 aromatic heterocycles. The average Bonchev–Trinajstić information content (AvgIpc) is 2.32. The van der Waals surface area contributed by atoms with Gasteiger partial charge in [0.15, 0.2) is 0 Å². The van der Waals surface area contributed by atoms with E-state index in [-0.39, 0.29) is 0 Å². The number of hydrogen-bond acceptors (Lipinski definition) is 3. The molecule has 0 spiro atoms. The van der Waals surface area contributed by atoms with Crippen LogP contribution in [-0.2, 0) is 4.74 Å². The third-order valence-corrected chi connectivity index (χ3v) is 3.94. The summed E-state index contributed by atoms with van der Waals surface area (Å²) in [4.78, 5) is 0. The van der Waals surface area contributed by atoms with Crippen LogP contribution in [0.3, 0.4) is 0 Å². The number of methoxy groups -OCH3 is 1. The summed E-state index contributed by atoms with van der Waals surface area (Å²) >= 11 is 3.55. The minimum Gasteiger partial charge on any atom is -0.492 e. The minimum absolute atomic E-state index is 0.354. The highest BCUT2D eigenvalue weighted by molar-refractivity contribution is 9.10. The fourth-order valence-corrected chi connectivity index (χ4v) is 2.00. The van der Waals surface area contributed by atoms with Gasteiger partial charge < -0.3 is 14.8 Å². The van der Waals surface area contributed by atoms with E-state index in [0.717, 1.165) is 23.4 Å². The zero-order chi connectivity index (χ0) is 13.5. The maximum atomic E-state index is 5.73. The van der Waals surface area contributed by atoms with Crippen LogP contribution in [0.2, 0.25) is 0 Å². The predicted molar refractivity (Wildman–Crippen MR) is 78.5 cm³/mol. The highest BCUT2D eigenvalue weighted by atomic mass is 79.9. The van der Waals surface area contributed by atoms with Crippen LogP contribution in [0.25, 0.3) is 0 Å². The number of benzene rings is 1. The summed E-state index contributed by atoms with van der Waals surface area (Å²) in [6.45, 7) is 8.44. The largest absolute Gasteiger partial charge is 0.492 e. The van der Waals surface area contributed by atoms with E-state index in [1.165, 1.54) is 11.1 Å². The van der Waals surface area contributed by atoms with Gasteiger partial charge in [-0.3, -0.25) is 0 Å². The third kappa shape index (κ3) is 4.96. The van der Waals surface area contributed by atoms with Crippen LogP contribution in [0.5, 0.6) is 5.75 Å². The lowest BCUT2D eigenvalue weighted by atomic mass is 10.1. The maximum absolute atomic E-state index is 5.73. The predicted octanol–water partition coefficient (Wildman–Crippen LogP) is 3.07. The Morgan fingerprint density at radius 3 is 2.44 bits per heavy atom. The molecule has 0 aliphatic carbocycles. The summed E-state index contributed by atoms with van der Waals surface area (Å²) in [6, 6.07) is 4.46. The molecule has 0 heterocycles. The lowest BCUT2D eigenvalue weighted by molar-refractivity contribution is 0.169. The maximum Gasteiger partial charge on any atom is 0.119 e. The van der Waals surface area contributed by atoms with Gasteiger partial charge in [-0.05, 0) is 44.0 Å². The zero-order valence-electron chi connectivity index (χ0n) is 11.5. The van der Waals surface area contributed by atoms with E-state index in [2.05, 4.69) is 54.2 Å². The second-order valence-electron chi connectivity index (χ2n) is 4.53. The molecule has 0 fully saturated rings. The lowest BCUT2D eigenvalue weighted by Gasteiger charge is -2.14. The van der Waals surface area contributed by atoms with Crippen molar-refractivity contribution in [2.24, 2.45) is 0 Å². The van der Waals surface area contributed by atoms with Crippen molar-refractivity contribution in [3.8, 4) is 5.75 Å². The van der Waals surface area contributed by atoms with Crippen molar-refractivity contribution >= 4 is 15.9 Å². The van der Waals surface area contributed by atoms with Crippen molar-refractivity contribution in [2.75, 3.05) is 26.9 Å². The highest BCUT2D eigenvalue weighted by Crippen LogP contribution is 2.26. The fraction of sp³-hybridized carbons (Fsp3) is 0.571. The topological polar surface area (TPSA) is 30.5 Å². The molecule has 0 radical (unpaired) electrons. The number of ether oxygens (including phenoxy) is 2. The minimum atomic E-state index is 0.354. The summed E-state index contributed by atoms with van der Waals surface area (Å²) in [6.07, 6.45) is 0. The first-order chi connectivity index (χ1) is 8.54. The van der Waals surface area contributed by atoms with Crippen LogP contribution in [0.4, 0.5) is 0 Å². The quantitative estimate of drug-likeness (QED) is 0.784. The summed E-state index contributed by atoms with van der Waals surface area (Å²) in [5.74, 6) is 0.925. The Kier molecular flexibility index (Phi) is 6.68. The molecule has 0 bridgehead atoms. The Balaban J connectivity index is 2.36. The first-order valence-electron chi connectivity index (χ1n) is 6.16. The number of hydrogen-bond donors (Lipinski definition) is 1. The van der Waals surface area contributed by atoms with Gasteiger partial charge in [0.2, 0.25) is 0 Å². The fourth-order valence-electron chi connectivity index (χ4n) is 1.77. The second-order valence-corrected chi connectivity index (χ2v) is 5.32. The van der Waals surface area contributed by atoms with Crippen LogP contribution < -0.4 is 10.1 Å². The van der Waals surface area contributed by atoms with Crippen molar-refractivity contribution in [1.82, 2.24) is 5.32 Å². The number of nitrogens with one attached hydrogen (secondary N) is 1. The molecule has 0 saturated heterocycles. The smallest absolute Gasteiger partial charge is 0.119 e. The van der Waals surface area contributed by atoms with Gasteiger partial charge >= 0.3 is 0 Å². The number of rotatable bonds is 7. The molecule has 1 atom stereocenters.